The Balaban J connectivity index is 1.34. The number of hydrogen-bond donors (Lipinski definition) is 2. The predicted molar refractivity (Wildman–Crippen MR) is 147 cm³/mol. The normalized spacial score (nSPS) is 14.5. The third kappa shape index (κ3) is 5.67. The summed E-state index contributed by atoms with van der Waals surface area (Å²) in [5, 5.41) is 4.28. The number of anilines is 2. The first-order chi connectivity index (χ1) is 17.1. The van der Waals surface area contributed by atoms with E-state index in [2.05, 4.69) is 56.6 Å². The Morgan fingerprint density at radius 3 is 2.80 bits per heavy atom. The summed E-state index contributed by atoms with van der Waals surface area (Å²) in [5.41, 5.74) is 7.74. The van der Waals surface area contributed by atoms with Gasteiger partial charge in [0.1, 0.15) is 5.82 Å². The molecule has 2 heterocycles. The number of rotatable bonds is 8. The summed E-state index contributed by atoms with van der Waals surface area (Å²) < 4.78 is 11.4. The Morgan fingerprint density at radius 1 is 1.11 bits per heavy atom. The molecular weight excluding hydrogens is 476 g/mol. The fourth-order valence-electron chi connectivity index (χ4n) is 4.63. The van der Waals surface area contributed by atoms with Crippen molar-refractivity contribution >= 4 is 33.8 Å². The predicted octanol–water partition coefficient (Wildman–Crippen LogP) is 6.27. The zero-order valence-electron chi connectivity index (χ0n) is 19.8. The van der Waals surface area contributed by atoms with Gasteiger partial charge in [0.05, 0.1) is 16.9 Å². The standard InChI is InChI=1S/C28H29ClN4OS/c1-35(34)16-6-14-33-15-13-23-21(19-33)9-5-10-26(23)31-22-11-12-25(29)24(17-22)28-30-18-27(32-28)20-7-3-2-4-8-20/h2-5,7-12,17-18,31H,6,13-16,19H2,1H3,(H,30,32). The molecule has 1 unspecified atom stereocenters. The molecule has 1 aromatic heterocycles. The van der Waals surface area contributed by atoms with Crippen molar-refractivity contribution in [2.45, 2.75) is 19.4 Å². The van der Waals surface area contributed by atoms with Crippen molar-refractivity contribution in [2.24, 2.45) is 0 Å². The van der Waals surface area contributed by atoms with Crippen LogP contribution in [0.25, 0.3) is 22.6 Å². The molecule has 5 nitrogen and oxygen atoms in total. The van der Waals surface area contributed by atoms with E-state index >= 15 is 0 Å². The minimum Gasteiger partial charge on any atom is -0.355 e. The molecule has 180 valence electrons. The van der Waals surface area contributed by atoms with Crippen LogP contribution in [-0.4, -0.2) is 44.2 Å². The zero-order valence-corrected chi connectivity index (χ0v) is 21.3. The lowest BCUT2D eigenvalue weighted by molar-refractivity contribution is 0.255. The summed E-state index contributed by atoms with van der Waals surface area (Å²) in [6.07, 6.45) is 5.59. The van der Waals surface area contributed by atoms with Crippen LogP contribution >= 0.6 is 11.6 Å². The monoisotopic (exact) mass is 504 g/mol. The van der Waals surface area contributed by atoms with Crippen LogP contribution in [0.5, 0.6) is 0 Å². The lowest BCUT2D eigenvalue weighted by Crippen LogP contribution is -2.32. The summed E-state index contributed by atoms with van der Waals surface area (Å²) in [6.45, 7) is 2.94. The Labute approximate surface area is 214 Å². The molecule has 0 bridgehead atoms. The van der Waals surface area contributed by atoms with Crippen molar-refractivity contribution in [2.75, 3.05) is 30.4 Å². The van der Waals surface area contributed by atoms with Gasteiger partial charge < -0.3 is 10.3 Å². The average Bonchev–Trinajstić information content (AvgIpc) is 3.36. The maximum Gasteiger partial charge on any atom is 0.139 e. The van der Waals surface area contributed by atoms with E-state index in [0.29, 0.717) is 5.02 Å². The average molecular weight is 505 g/mol. The van der Waals surface area contributed by atoms with Gasteiger partial charge in [-0.3, -0.25) is 9.11 Å². The molecule has 2 N–H and O–H groups in total. The second-order valence-electron chi connectivity index (χ2n) is 8.93. The number of benzene rings is 3. The van der Waals surface area contributed by atoms with Crippen molar-refractivity contribution in [3.05, 3.63) is 89.1 Å². The quantitative estimate of drug-likeness (QED) is 0.297. The molecule has 0 radical (unpaired) electrons. The molecule has 3 aromatic carbocycles. The number of imidazole rings is 1. The van der Waals surface area contributed by atoms with Crippen LogP contribution in [-0.2, 0) is 23.8 Å². The van der Waals surface area contributed by atoms with E-state index in [0.717, 1.165) is 72.2 Å². The molecule has 35 heavy (non-hydrogen) atoms. The van der Waals surface area contributed by atoms with Gasteiger partial charge in [-0.15, -0.1) is 0 Å². The van der Waals surface area contributed by atoms with Gasteiger partial charge in [-0.2, -0.15) is 0 Å². The number of nitrogens with zero attached hydrogens (tertiary/aromatic N) is 2. The van der Waals surface area contributed by atoms with Crippen molar-refractivity contribution in [3.63, 3.8) is 0 Å². The molecule has 7 heteroatoms. The van der Waals surface area contributed by atoms with Gasteiger partial charge in [-0.1, -0.05) is 54.1 Å². The van der Waals surface area contributed by atoms with Gasteiger partial charge in [0.2, 0.25) is 0 Å². The van der Waals surface area contributed by atoms with E-state index in [1.165, 1.54) is 11.1 Å². The molecule has 0 fully saturated rings. The zero-order chi connectivity index (χ0) is 24.2. The number of aromatic amines is 1. The summed E-state index contributed by atoms with van der Waals surface area (Å²) in [7, 11) is -0.720. The van der Waals surface area contributed by atoms with Crippen molar-refractivity contribution in [3.8, 4) is 22.6 Å². The van der Waals surface area contributed by atoms with Crippen molar-refractivity contribution in [1.82, 2.24) is 14.9 Å². The van der Waals surface area contributed by atoms with Crippen molar-refractivity contribution in [1.29, 1.82) is 0 Å². The first-order valence-electron chi connectivity index (χ1n) is 11.9. The maximum atomic E-state index is 11.4. The Bertz CT molecular complexity index is 1340. The number of aromatic nitrogens is 2. The Hall–Kier alpha value is -2.93. The fraction of sp³-hybridized carbons (Fsp3) is 0.250. The van der Waals surface area contributed by atoms with E-state index < -0.39 is 10.8 Å². The summed E-state index contributed by atoms with van der Waals surface area (Å²) in [6, 6.07) is 22.6. The third-order valence-electron chi connectivity index (χ3n) is 6.41. The SMILES string of the molecule is CS(=O)CCCN1CCc2c(cccc2Nc2ccc(Cl)c(-c3ncc(-c4ccccc4)[nH]3)c2)C1. The Morgan fingerprint density at radius 2 is 1.97 bits per heavy atom. The van der Waals surface area contributed by atoms with Crippen LogP contribution in [0.3, 0.4) is 0 Å². The van der Waals surface area contributed by atoms with Gasteiger partial charge in [0.15, 0.2) is 0 Å². The van der Waals surface area contributed by atoms with E-state index in [1.807, 2.05) is 36.5 Å². The second-order valence-corrected chi connectivity index (χ2v) is 10.9. The number of H-pyrrole nitrogens is 1. The van der Waals surface area contributed by atoms with Crippen LogP contribution in [0.2, 0.25) is 5.02 Å². The first-order valence-corrected chi connectivity index (χ1v) is 14.0. The molecule has 1 aliphatic rings. The molecule has 1 atom stereocenters. The summed E-state index contributed by atoms with van der Waals surface area (Å²) >= 11 is 6.57. The molecule has 0 aliphatic carbocycles. The van der Waals surface area contributed by atoms with Gasteiger partial charge in [0.25, 0.3) is 0 Å². The van der Waals surface area contributed by atoms with Gasteiger partial charge in [0, 0.05) is 52.8 Å². The molecule has 4 aromatic rings. The topological polar surface area (TPSA) is 61.0 Å². The second kappa shape index (κ2) is 10.8. The number of hydrogen-bond acceptors (Lipinski definition) is 4. The molecule has 0 saturated heterocycles. The summed E-state index contributed by atoms with van der Waals surface area (Å²) in [5.74, 6) is 1.52. The molecular formula is C28H29ClN4OS. The van der Waals surface area contributed by atoms with Crippen LogP contribution in [0.1, 0.15) is 17.5 Å². The highest BCUT2D eigenvalue weighted by atomic mass is 35.5. The third-order valence-corrected chi connectivity index (χ3v) is 7.61. The smallest absolute Gasteiger partial charge is 0.139 e. The maximum absolute atomic E-state index is 11.4. The van der Waals surface area contributed by atoms with Crippen LogP contribution < -0.4 is 5.32 Å². The van der Waals surface area contributed by atoms with Gasteiger partial charge in [-0.25, -0.2) is 4.98 Å². The minimum absolute atomic E-state index is 0.656. The molecule has 1 aliphatic heterocycles. The largest absolute Gasteiger partial charge is 0.355 e. The lowest BCUT2D eigenvalue weighted by atomic mass is 9.97. The number of halogens is 1. The molecule has 0 amide bonds. The molecule has 0 spiro atoms. The van der Waals surface area contributed by atoms with Crippen LogP contribution in [0.4, 0.5) is 11.4 Å². The van der Waals surface area contributed by atoms with E-state index in [9.17, 15) is 4.21 Å². The number of nitrogens with one attached hydrogen (secondary N) is 2. The number of fused-ring (bicyclic) bond motifs is 1. The highest BCUT2D eigenvalue weighted by Gasteiger charge is 2.19. The van der Waals surface area contributed by atoms with Gasteiger partial charge >= 0.3 is 0 Å². The van der Waals surface area contributed by atoms with E-state index in [-0.39, 0.29) is 0 Å². The van der Waals surface area contributed by atoms with Crippen LogP contribution in [0, 0.1) is 0 Å². The minimum atomic E-state index is -0.720. The Kier molecular flexibility index (Phi) is 7.32. The van der Waals surface area contributed by atoms with Crippen LogP contribution in [0.15, 0.2) is 72.9 Å². The van der Waals surface area contributed by atoms with E-state index in [1.54, 1.807) is 6.26 Å². The highest BCUT2D eigenvalue weighted by Crippen LogP contribution is 2.33. The molecule has 0 saturated carbocycles. The fourth-order valence-corrected chi connectivity index (χ4v) is 5.37. The van der Waals surface area contributed by atoms with Crippen molar-refractivity contribution < 1.29 is 4.21 Å². The lowest BCUT2D eigenvalue weighted by Gasteiger charge is -2.30. The van der Waals surface area contributed by atoms with Gasteiger partial charge in [-0.05, 0) is 60.3 Å². The molecule has 5 rings (SSSR count). The van der Waals surface area contributed by atoms with E-state index in [4.69, 9.17) is 11.6 Å². The first kappa shape index (κ1) is 23.8. The highest BCUT2D eigenvalue weighted by molar-refractivity contribution is 7.84. The summed E-state index contributed by atoms with van der Waals surface area (Å²) in [4.78, 5) is 10.5.